The van der Waals surface area contributed by atoms with Crippen molar-refractivity contribution in [2.75, 3.05) is 26.4 Å². The third-order valence-corrected chi connectivity index (χ3v) is 15.1. The van der Waals surface area contributed by atoms with Gasteiger partial charge in [-0.25, -0.2) is 4.57 Å². The first kappa shape index (κ1) is 69.8. The number of phosphoric ester groups is 1. The average molecular weight is 1030 g/mol. The van der Waals surface area contributed by atoms with Crippen LogP contribution in [0.15, 0.2) is 12.2 Å². The van der Waals surface area contributed by atoms with Crippen LogP contribution in [0.1, 0.15) is 335 Å². The number of unbranched alkanes of at least 4 members (excludes halogenated alkanes) is 45. The Hall–Kier alpha value is -1.25. The van der Waals surface area contributed by atoms with E-state index in [1.54, 1.807) is 0 Å². The zero-order chi connectivity index (χ0) is 51.7. The second-order valence-corrected chi connectivity index (χ2v) is 22.7. The van der Waals surface area contributed by atoms with E-state index in [0.717, 1.165) is 51.4 Å². The lowest BCUT2D eigenvalue weighted by atomic mass is 10.0. The Morgan fingerprint density at radius 1 is 0.408 bits per heavy atom. The van der Waals surface area contributed by atoms with Gasteiger partial charge in [0, 0.05) is 19.4 Å². The largest absolute Gasteiger partial charge is 0.472 e. The SMILES string of the molecule is CCCCCCCC/C=C\CCCCCCCC(=O)OC(COC(=O)CCCCCCCCCCCCCCCCCCCCCCCCCCCCCCCCCCCCC)COP(=O)(O)OCCN. The van der Waals surface area contributed by atoms with E-state index in [1.165, 1.54) is 250 Å². The lowest BCUT2D eigenvalue weighted by Gasteiger charge is -2.19. The van der Waals surface area contributed by atoms with Crippen molar-refractivity contribution in [3.63, 3.8) is 0 Å². The highest BCUT2D eigenvalue weighted by Crippen LogP contribution is 2.43. The van der Waals surface area contributed by atoms with Gasteiger partial charge in [-0.15, -0.1) is 0 Å². The number of nitrogens with two attached hydrogens (primary N) is 1. The molecule has 0 bridgehead atoms. The molecule has 0 fully saturated rings. The van der Waals surface area contributed by atoms with Crippen molar-refractivity contribution in [1.82, 2.24) is 0 Å². The molecule has 2 atom stereocenters. The van der Waals surface area contributed by atoms with Gasteiger partial charge in [0.15, 0.2) is 6.10 Å². The second-order valence-electron chi connectivity index (χ2n) is 21.3. The summed E-state index contributed by atoms with van der Waals surface area (Å²) < 4.78 is 33.0. The molecule has 0 spiro atoms. The van der Waals surface area contributed by atoms with E-state index in [-0.39, 0.29) is 38.6 Å². The van der Waals surface area contributed by atoms with Crippen molar-refractivity contribution in [2.45, 2.75) is 341 Å². The summed E-state index contributed by atoms with van der Waals surface area (Å²) in [6.45, 7) is 3.79. The molecule has 0 radical (unpaired) electrons. The van der Waals surface area contributed by atoms with E-state index in [2.05, 4.69) is 26.0 Å². The normalized spacial score (nSPS) is 13.0. The molecule has 0 saturated heterocycles. The van der Waals surface area contributed by atoms with Crippen LogP contribution in [0.2, 0.25) is 0 Å². The highest BCUT2D eigenvalue weighted by atomic mass is 31.2. The van der Waals surface area contributed by atoms with Crippen molar-refractivity contribution >= 4 is 19.8 Å². The van der Waals surface area contributed by atoms with Crippen LogP contribution in [0.4, 0.5) is 0 Å². The highest BCUT2D eigenvalue weighted by Gasteiger charge is 2.26. The maximum Gasteiger partial charge on any atom is 0.472 e. The van der Waals surface area contributed by atoms with Crippen molar-refractivity contribution in [1.29, 1.82) is 0 Å². The first-order chi connectivity index (χ1) is 34.8. The molecule has 0 aromatic rings. The topological polar surface area (TPSA) is 134 Å². The molecule has 9 nitrogen and oxygen atoms in total. The van der Waals surface area contributed by atoms with Crippen LogP contribution in [-0.2, 0) is 32.7 Å². The molecule has 3 N–H and O–H groups in total. The minimum absolute atomic E-state index is 0.0552. The fraction of sp³-hybridized carbons (Fsp3) is 0.934. The Morgan fingerprint density at radius 3 is 1.00 bits per heavy atom. The number of carbonyl (C=O) groups excluding carboxylic acids is 2. The summed E-state index contributed by atoms with van der Waals surface area (Å²) in [5.41, 5.74) is 5.38. The molecule has 0 aliphatic heterocycles. The van der Waals surface area contributed by atoms with Crippen molar-refractivity contribution in [3.8, 4) is 0 Å². The molecule has 0 aromatic heterocycles. The van der Waals surface area contributed by atoms with Crippen LogP contribution in [0.5, 0.6) is 0 Å². The highest BCUT2D eigenvalue weighted by molar-refractivity contribution is 7.47. The van der Waals surface area contributed by atoms with Crippen LogP contribution in [0.3, 0.4) is 0 Å². The number of hydrogen-bond acceptors (Lipinski definition) is 8. The molecule has 2 unspecified atom stereocenters. The molecule has 10 heteroatoms. The minimum atomic E-state index is -4.38. The Kier molecular flexibility index (Phi) is 57.0. The van der Waals surface area contributed by atoms with Gasteiger partial charge in [-0.2, -0.15) is 0 Å². The molecule has 71 heavy (non-hydrogen) atoms. The molecular weight excluding hydrogens is 906 g/mol. The zero-order valence-corrected chi connectivity index (χ0v) is 48.1. The van der Waals surface area contributed by atoms with E-state index in [4.69, 9.17) is 24.3 Å². The first-order valence-corrected chi connectivity index (χ1v) is 32.7. The number of esters is 2. The number of phosphoric acid groups is 1. The number of carbonyl (C=O) groups is 2. The molecule has 0 aromatic carbocycles. The first-order valence-electron chi connectivity index (χ1n) is 31.2. The fourth-order valence-electron chi connectivity index (χ4n) is 9.52. The summed E-state index contributed by atoms with van der Waals surface area (Å²) in [6, 6.07) is 0. The predicted molar refractivity (Wildman–Crippen MR) is 303 cm³/mol. The second kappa shape index (κ2) is 58.0. The summed E-state index contributed by atoms with van der Waals surface area (Å²) in [4.78, 5) is 35.1. The van der Waals surface area contributed by atoms with Gasteiger partial charge in [0.1, 0.15) is 6.61 Å². The minimum Gasteiger partial charge on any atom is -0.462 e. The number of hydrogen-bond donors (Lipinski definition) is 2. The molecule has 0 heterocycles. The number of rotatable bonds is 60. The molecule has 0 aliphatic carbocycles. The van der Waals surface area contributed by atoms with Crippen LogP contribution < -0.4 is 5.73 Å². The fourth-order valence-corrected chi connectivity index (χ4v) is 10.3. The summed E-state index contributed by atoms with van der Waals surface area (Å²) in [5, 5.41) is 0. The lowest BCUT2D eigenvalue weighted by molar-refractivity contribution is -0.161. The molecular formula is C61H120NO8P. The molecule has 0 rings (SSSR count). The van der Waals surface area contributed by atoms with E-state index in [1.807, 2.05) is 0 Å². The van der Waals surface area contributed by atoms with Crippen molar-refractivity contribution < 1.29 is 37.6 Å². The summed E-state index contributed by atoms with van der Waals surface area (Å²) in [6.07, 6.45) is 67.4. The summed E-state index contributed by atoms with van der Waals surface area (Å²) in [7, 11) is -4.38. The Bertz CT molecular complexity index is 1170. The van der Waals surface area contributed by atoms with E-state index in [9.17, 15) is 19.0 Å². The monoisotopic (exact) mass is 1030 g/mol. The van der Waals surface area contributed by atoms with Gasteiger partial charge in [-0.3, -0.25) is 18.6 Å². The third-order valence-electron chi connectivity index (χ3n) is 14.2. The number of ether oxygens (including phenoxy) is 2. The summed E-state index contributed by atoms with van der Waals surface area (Å²) in [5.74, 6) is -0.819. The van der Waals surface area contributed by atoms with E-state index < -0.39 is 26.5 Å². The summed E-state index contributed by atoms with van der Waals surface area (Å²) >= 11 is 0. The van der Waals surface area contributed by atoms with Crippen LogP contribution in [-0.4, -0.2) is 49.3 Å². The predicted octanol–water partition coefficient (Wildman–Crippen LogP) is 19.6. The zero-order valence-electron chi connectivity index (χ0n) is 47.2. The van der Waals surface area contributed by atoms with Crippen LogP contribution in [0.25, 0.3) is 0 Å². The number of allylic oxidation sites excluding steroid dienone is 2. The Morgan fingerprint density at radius 2 is 0.690 bits per heavy atom. The Labute approximate surface area is 440 Å². The van der Waals surface area contributed by atoms with Gasteiger partial charge in [-0.05, 0) is 38.5 Å². The average Bonchev–Trinajstić information content (AvgIpc) is 3.36. The molecule has 0 amide bonds. The Balaban J connectivity index is 3.75. The molecule has 0 aliphatic rings. The van der Waals surface area contributed by atoms with E-state index in [0.29, 0.717) is 6.42 Å². The van der Waals surface area contributed by atoms with Gasteiger partial charge < -0.3 is 20.1 Å². The van der Waals surface area contributed by atoms with Gasteiger partial charge in [0.05, 0.1) is 13.2 Å². The smallest absolute Gasteiger partial charge is 0.462 e. The lowest BCUT2D eigenvalue weighted by Crippen LogP contribution is -2.29. The van der Waals surface area contributed by atoms with Gasteiger partial charge >= 0.3 is 19.8 Å². The molecule has 422 valence electrons. The molecule has 0 saturated carbocycles. The van der Waals surface area contributed by atoms with Crippen LogP contribution >= 0.6 is 7.82 Å². The van der Waals surface area contributed by atoms with Gasteiger partial charge in [-0.1, -0.05) is 296 Å². The van der Waals surface area contributed by atoms with Gasteiger partial charge in [0.2, 0.25) is 0 Å². The quantitative estimate of drug-likeness (QED) is 0.0264. The van der Waals surface area contributed by atoms with E-state index >= 15 is 0 Å². The third kappa shape index (κ3) is 57.9. The maximum absolute atomic E-state index is 12.7. The van der Waals surface area contributed by atoms with Crippen molar-refractivity contribution in [3.05, 3.63) is 12.2 Å². The standard InChI is InChI=1S/C61H120NO8P/c1-3-5-7-9-11-13-15-17-19-20-21-22-23-24-25-26-27-28-29-30-31-32-33-34-35-36-37-38-40-41-43-45-47-49-51-53-60(63)67-57-59(58-69-71(65,66)68-56-55-62)70-61(64)54-52-50-48-46-44-42-39-18-16-14-12-10-8-6-4-2/h18,39,59H,3-17,19-38,40-58,62H2,1-2H3,(H,65,66)/b39-18-. The van der Waals surface area contributed by atoms with Crippen LogP contribution in [0, 0.1) is 0 Å². The van der Waals surface area contributed by atoms with Gasteiger partial charge in [0.25, 0.3) is 0 Å². The maximum atomic E-state index is 12.7. The van der Waals surface area contributed by atoms with Crippen molar-refractivity contribution in [2.24, 2.45) is 5.73 Å².